The minimum absolute atomic E-state index is 0.123. The Morgan fingerprint density at radius 3 is 2.88 bits per heavy atom. The number of nitrogens with one attached hydrogen (secondary N) is 1. The first-order valence-electron chi connectivity index (χ1n) is 7.88. The van der Waals surface area contributed by atoms with Crippen molar-refractivity contribution in [3.63, 3.8) is 0 Å². The summed E-state index contributed by atoms with van der Waals surface area (Å²) < 4.78 is 7.22. The highest BCUT2D eigenvalue weighted by atomic mass is 35.5. The lowest BCUT2D eigenvalue weighted by Gasteiger charge is -2.10. The predicted octanol–water partition coefficient (Wildman–Crippen LogP) is 3.70. The first-order valence-corrected chi connectivity index (χ1v) is 8.80. The monoisotopic (exact) mass is 380 g/mol. The lowest BCUT2D eigenvalue weighted by Crippen LogP contribution is -2.09. The number of aryl methyl sites for hydroxylation is 1. The zero-order valence-electron chi connectivity index (χ0n) is 14.0. The van der Waals surface area contributed by atoms with Crippen molar-refractivity contribution in [1.82, 2.24) is 24.7 Å². The zero-order chi connectivity index (χ0) is 17.8. The van der Waals surface area contributed by atoms with Crippen molar-refractivity contribution in [3.05, 3.63) is 34.9 Å². The number of halogens is 2. The highest BCUT2D eigenvalue weighted by Gasteiger charge is 2.18. The topological polar surface area (TPSA) is 77.8 Å². The van der Waals surface area contributed by atoms with E-state index in [0.29, 0.717) is 42.6 Å². The number of hydrogen-bond acceptors (Lipinski definition) is 6. The third kappa shape index (κ3) is 4.00. The van der Waals surface area contributed by atoms with Crippen molar-refractivity contribution in [3.8, 4) is 0 Å². The van der Waals surface area contributed by atoms with Crippen molar-refractivity contribution < 1.29 is 4.74 Å². The summed E-state index contributed by atoms with van der Waals surface area (Å²) in [4.78, 5) is 12.9. The van der Waals surface area contributed by atoms with E-state index >= 15 is 0 Å². The molecular formula is C16H18Cl2N6O. The molecule has 3 heterocycles. The van der Waals surface area contributed by atoms with Gasteiger partial charge in [-0.25, -0.2) is 9.97 Å². The summed E-state index contributed by atoms with van der Waals surface area (Å²) in [5.41, 5.74) is 3.09. The predicted molar refractivity (Wildman–Crippen MR) is 98.6 cm³/mol. The van der Waals surface area contributed by atoms with Crippen molar-refractivity contribution in [1.29, 1.82) is 0 Å². The fourth-order valence-corrected chi connectivity index (χ4v) is 2.83. The molecule has 0 amide bonds. The van der Waals surface area contributed by atoms with Gasteiger partial charge < -0.3 is 10.1 Å². The van der Waals surface area contributed by atoms with Crippen LogP contribution >= 0.6 is 23.2 Å². The Bertz CT molecular complexity index is 882. The number of alkyl halides is 1. The van der Waals surface area contributed by atoms with Gasteiger partial charge in [-0.15, -0.1) is 11.6 Å². The van der Waals surface area contributed by atoms with Crippen molar-refractivity contribution >= 4 is 45.9 Å². The summed E-state index contributed by atoms with van der Waals surface area (Å²) in [5.74, 6) is 1.43. The molecule has 3 aromatic rings. The van der Waals surface area contributed by atoms with Crippen molar-refractivity contribution in [2.45, 2.75) is 26.3 Å². The molecule has 0 fully saturated rings. The highest BCUT2D eigenvalue weighted by molar-refractivity contribution is 6.29. The van der Waals surface area contributed by atoms with Crippen LogP contribution in [0.25, 0.3) is 11.0 Å². The lowest BCUT2D eigenvalue weighted by atomic mass is 10.3. The second-order valence-electron chi connectivity index (χ2n) is 5.38. The smallest absolute Gasteiger partial charge is 0.225 e. The molecule has 0 aliphatic heterocycles. The van der Waals surface area contributed by atoms with E-state index in [9.17, 15) is 0 Å². The fraction of sp³-hybridized carbons (Fsp3) is 0.375. The Morgan fingerprint density at radius 1 is 1.32 bits per heavy atom. The van der Waals surface area contributed by atoms with Gasteiger partial charge in [0.25, 0.3) is 0 Å². The Labute approximate surface area is 155 Å². The maximum absolute atomic E-state index is 6.10. The molecule has 0 unspecified atom stereocenters. The Hall–Kier alpha value is -1.96. The highest BCUT2D eigenvalue weighted by Crippen LogP contribution is 2.28. The number of nitrogens with zero attached hydrogens (tertiary/aromatic N) is 5. The first kappa shape index (κ1) is 17.8. The molecule has 0 aliphatic rings. The van der Waals surface area contributed by atoms with Crippen LogP contribution in [0.3, 0.4) is 0 Å². The van der Waals surface area contributed by atoms with Crippen LogP contribution in [0.15, 0.2) is 18.3 Å². The summed E-state index contributed by atoms with van der Waals surface area (Å²) >= 11 is 12.1. The maximum atomic E-state index is 6.10. The summed E-state index contributed by atoms with van der Waals surface area (Å²) in [6.45, 7) is 5.67. The molecule has 0 aliphatic carbocycles. The van der Waals surface area contributed by atoms with Crippen LogP contribution in [0, 0.1) is 6.92 Å². The van der Waals surface area contributed by atoms with Crippen LogP contribution < -0.4 is 5.32 Å². The summed E-state index contributed by atoms with van der Waals surface area (Å²) in [6, 6.07) is 3.84. The molecule has 3 rings (SSSR count). The molecule has 0 spiro atoms. The molecule has 3 aromatic heterocycles. The van der Waals surface area contributed by atoms with E-state index in [2.05, 4.69) is 25.4 Å². The van der Waals surface area contributed by atoms with Crippen LogP contribution in [0.4, 0.5) is 11.6 Å². The molecule has 9 heteroatoms. The first-order chi connectivity index (χ1) is 12.1. The molecule has 7 nitrogen and oxygen atoms in total. The van der Waals surface area contributed by atoms with E-state index in [-0.39, 0.29) is 11.2 Å². The Morgan fingerprint density at radius 2 is 2.16 bits per heavy atom. The molecule has 0 saturated carbocycles. The maximum Gasteiger partial charge on any atom is 0.225 e. The fourth-order valence-electron chi connectivity index (χ4n) is 2.48. The van der Waals surface area contributed by atoms with Gasteiger partial charge in [0.15, 0.2) is 5.82 Å². The van der Waals surface area contributed by atoms with Gasteiger partial charge in [0.1, 0.15) is 22.5 Å². The molecule has 0 aromatic carbocycles. The molecule has 1 N–H and O–H groups in total. The van der Waals surface area contributed by atoms with E-state index in [1.165, 1.54) is 0 Å². The van der Waals surface area contributed by atoms with Gasteiger partial charge in [-0.05, 0) is 43.1 Å². The van der Waals surface area contributed by atoms with Crippen LogP contribution in [0.5, 0.6) is 0 Å². The quantitative estimate of drug-likeness (QED) is 0.382. The second-order valence-corrected chi connectivity index (χ2v) is 5.99. The Kier molecular flexibility index (Phi) is 5.67. The zero-order valence-corrected chi connectivity index (χ0v) is 15.5. The van der Waals surface area contributed by atoms with Gasteiger partial charge >= 0.3 is 0 Å². The number of pyridine rings is 1. The summed E-state index contributed by atoms with van der Waals surface area (Å²) in [5, 5.41) is 7.85. The number of aromatic nitrogens is 5. The standard InChI is InChI=1S/C16H18Cl2N6O/c1-3-25-7-6-24-14-13(11(9-17)23-24)21-16(18)22-15(14)20-12-8-10(2)4-5-19-12/h4-5,8H,3,6-7,9H2,1-2H3,(H,19,20,21,22). The van der Waals surface area contributed by atoms with Gasteiger partial charge in [-0.1, -0.05) is 0 Å². The van der Waals surface area contributed by atoms with Crippen LogP contribution in [-0.4, -0.2) is 37.9 Å². The van der Waals surface area contributed by atoms with E-state index in [4.69, 9.17) is 27.9 Å². The van der Waals surface area contributed by atoms with Crippen LogP contribution in [0.2, 0.25) is 5.28 Å². The summed E-state index contributed by atoms with van der Waals surface area (Å²) in [6.07, 6.45) is 1.73. The number of ether oxygens (including phenoxy) is 1. The van der Waals surface area contributed by atoms with Crippen LogP contribution in [-0.2, 0) is 17.2 Å². The molecule has 0 bridgehead atoms. The van der Waals surface area contributed by atoms with Gasteiger partial charge in [-0.2, -0.15) is 10.1 Å². The second kappa shape index (κ2) is 7.95. The SMILES string of the molecule is CCOCCn1nc(CCl)c2nc(Cl)nc(Nc3cc(C)ccn3)c21. The van der Waals surface area contributed by atoms with Gasteiger partial charge in [0.2, 0.25) is 5.28 Å². The summed E-state index contributed by atoms with van der Waals surface area (Å²) in [7, 11) is 0. The van der Waals surface area contributed by atoms with Gasteiger partial charge in [0, 0.05) is 12.8 Å². The molecule has 0 saturated heterocycles. The van der Waals surface area contributed by atoms with E-state index in [1.807, 2.05) is 26.0 Å². The average molecular weight is 381 g/mol. The van der Waals surface area contributed by atoms with E-state index < -0.39 is 0 Å². The van der Waals surface area contributed by atoms with Gasteiger partial charge in [-0.3, -0.25) is 4.68 Å². The normalized spacial score (nSPS) is 11.2. The number of anilines is 2. The average Bonchev–Trinajstić information content (AvgIpc) is 2.93. The minimum Gasteiger partial charge on any atom is -0.380 e. The Balaban J connectivity index is 2.07. The third-order valence-corrected chi connectivity index (χ3v) is 3.99. The largest absolute Gasteiger partial charge is 0.380 e. The lowest BCUT2D eigenvalue weighted by molar-refractivity contribution is 0.137. The van der Waals surface area contributed by atoms with Crippen molar-refractivity contribution in [2.24, 2.45) is 0 Å². The molecule has 0 atom stereocenters. The van der Waals surface area contributed by atoms with E-state index in [1.54, 1.807) is 10.9 Å². The number of rotatable bonds is 7. The third-order valence-electron chi connectivity index (χ3n) is 3.57. The molecule has 25 heavy (non-hydrogen) atoms. The number of hydrogen-bond donors (Lipinski definition) is 1. The molecular weight excluding hydrogens is 363 g/mol. The van der Waals surface area contributed by atoms with Crippen molar-refractivity contribution in [2.75, 3.05) is 18.5 Å². The van der Waals surface area contributed by atoms with Crippen LogP contribution in [0.1, 0.15) is 18.2 Å². The molecule has 0 radical (unpaired) electrons. The minimum atomic E-state index is 0.123. The molecule has 132 valence electrons. The van der Waals surface area contributed by atoms with Gasteiger partial charge in [0.05, 0.1) is 19.0 Å². The van der Waals surface area contributed by atoms with E-state index in [0.717, 1.165) is 11.1 Å². The number of fused-ring (bicyclic) bond motifs is 1.